The summed E-state index contributed by atoms with van der Waals surface area (Å²) in [5.41, 5.74) is 2.90. The van der Waals surface area contributed by atoms with E-state index in [1.54, 1.807) is 0 Å². The number of allylic oxidation sites excluding steroid dienone is 1. The third kappa shape index (κ3) is 6.66. The zero-order valence-electron chi connectivity index (χ0n) is 9.47. The minimum absolute atomic E-state index is 0.705. The maximum absolute atomic E-state index is 3.63. The van der Waals surface area contributed by atoms with Crippen LogP contribution in [0.4, 0.5) is 0 Å². The molecule has 0 aliphatic carbocycles. The summed E-state index contributed by atoms with van der Waals surface area (Å²) >= 11 is 0. The standard InChI is InChI=1S/C13H24/c1-5-8-12(4)10-11-13(7-3)9-6-2/h9,12-13H,2,5,7-8,10-11H2,1,3-4H3. The summed E-state index contributed by atoms with van der Waals surface area (Å²) in [4.78, 5) is 0. The molecule has 0 aromatic carbocycles. The molecule has 0 fully saturated rings. The van der Waals surface area contributed by atoms with Crippen molar-refractivity contribution in [1.82, 2.24) is 0 Å². The highest BCUT2D eigenvalue weighted by Crippen LogP contribution is 2.19. The van der Waals surface area contributed by atoms with Crippen LogP contribution in [0.2, 0.25) is 0 Å². The molecule has 0 saturated heterocycles. The number of rotatable bonds is 7. The minimum Gasteiger partial charge on any atom is -0.133 e. The van der Waals surface area contributed by atoms with Crippen molar-refractivity contribution in [3.8, 4) is 0 Å². The second-order valence-corrected chi connectivity index (χ2v) is 4.01. The lowest BCUT2D eigenvalue weighted by Crippen LogP contribution is -2.00. The van der Waals surface area contributed by atoms with Crippen molar-refractivity contribution in [2.75, 3.05) is 0 Å². The van der Waals surface area contributed by atoms with Gasteiger partial charge in [0.25, 0.3) is 0 Å². The Bertz CT molecular complexity index is 151. The first-order valence-corrected chi connectivity index (χ1v) is 5.60. The van der Waals surface area contributed by atoms with Gasteiger partial charge in [-0.15, -0.1) is 5.73 Å². The Balaban J connectivity index is 3.64. The Kier molecular flexibility index (Phi) is 7.83. The Morgan fingerprint density at radius 1 is 1.23 bits per heavy atom. The largest absolute Gasteiger partial charge is 0.133 e. The Morgan fingerprint density at radius 2 is 1.92 bits per heavy atom. The van der Waals surface area contributed by atoms with E-state index in [0.717, 1.165) is 5.92 Å². The normalized spacial score (nSPS) is 14.7. The van der Waals surface area contributed by atoms with Crippen molar-refractivity contribution in [3.63, 3.8) is 0 Å². The number of hydrogen-bond donors (Lipinski definition) is 0. The summed E-state index contributed by atoms with van der Waals surface area (Å²) in [6.45, 7) is 10.5. The molecule has 0 nitrogen and oxygen atoms in total. The summed E-state index contributed by atoms with van der Waals surface area (Å²) in [5, 5.41) is 0. The Morgan fingerprint density at radius 3 is 2.38 bits per heavy atom. The zero-order chi connectivity index (χ0) is 10.1. The molecule has 0 aliphatic heterocycles. The minimum atomic E-state index is 0.705. The molecule has 0 heteroatoms. The molecule has 0 aliphatic rings. The summed E-state index contributed by atoms with van der Waals surface area (Å²) in [5.74, 6) is 1.59. The van der Waals surface area contributed by atoms with Crippen molar-refractivity contribution >= 4 is 0 Å². The van der Waals surface area contributed by atoms with E-state index in [-0.39, 0.29) is 0 Å². The van der Waals surface area contributed by atoms with Gasteiger partial charge in [-0.2, -0.15) is 0 Å². The van der Waals surface area contributed by atoms with E-state index >= 15 is 0 Å². The molecule has 0 bridgehead atoms. The molecule has 76 valence electrons. The van der Waals surface area contributed by atoms with Gasteiger partial charge in [-0.1, -0.05) is 46.6 Å². The highest BCUT2D eigenvalue weighted by molar-refractivity contribution is 4.83. The van der Waals surface area contributed by atoms with E-state index in [9.17, 15) is 0 Å². The smallest absolute Gasteiger partial charge is 0.0160 e. The molecule has 13 heavy (non-hydrogen) atoms. The van der Waals surface area contributed by atoms with Gasteiger partial charge in [-0.05, 0) is 30.8 Å². The quantitative estimate of drug-likeness (QED) is 0.503. The lowest BCUT2D eigenvalue weighted by atomic mass is 9.93. The highest BCUT2D eigenvalue weighted by Gasteiger charge is 2.05. The molecule has 0 aromatic heterocycles. The van der Waals surface area contributed by atoms with Gasteiger partial charge < -0.3 is 0 Å². The SMILES string of the molecule is C=C=CC(CC)CCC(C)CCC. The van der Waals surface area contributed by atoms with Gasteiger partial charge in [-0.25, -0.2) is 0 Å². The van der Waals surface area contributed by atoms with Gasteiger partial charge in [-0.3, -0.25) is 0 Å². The monoisotopic (exact) mass is 180 g/mol. The molecule has 0 radical (unpaired) electrons. The molecule has 0 spiro atoms. The van der Waals surface area contributed by atoms with Crippen molar-refractivity contribution < 1.29 is 0 Å². The highest BCUT2D eigenvalue weighted by atomic mass is 14.1. The first kappa shape index (κ1) is 12.5. The first-order valence-electron chi connectivity index (χ1n) is 5.60. The lowest BCUT2D eigenvalue weighted by Gasteiger charge is -2.13. The van der Waals surface area contributed by atoms with Crippen LogP contribution < -0.4 is 0 Å². The fraction of sp³-hybridized carbons (Fsp3) is 0.769. The number of hydrogen-bond acceptors (Lipinski definition) is 0. The maximum Gasteiger partial charge on any atom is -0.0160 e. The van der Waals surface area contributed by atoms with Crippen LogP contribution in [-0.4, -0.2) is 0 Å². The molecular formula is C13H24. The molecule has 2 unspecified atom stereocenters. The van der Waals surface area contributed by atoms with E-state index in [4.69, 9.17) is 0 Å². The van der Waals surface area contributed by atoms with Gasteiger partial charge in [0, 0.05) is 0 Å². The van der Waals surface area contributed by atoms with Crippen LogP contribution in [0, 0.1) is 11.8 Å². The lowest BCUT2D eigenvalue weighted by molar-refractivity contribution is 0.424. The van der Waals surface area contributed by atoms with Crippen LogP contribution in [-0.2, 0) is 0 Å². The van der Waals surface area contributed by atoms with Crippen LogP contribution in [0.15, 0.2) is 18.4 Å². The van der Waals surface area contributed by atoms with E-state index in [1.807, 2.05) is 0 Å². The van der Waals surface area contributed by atoms with Gasteiger partial charge in [0.05, 0.1) is 0 Å². The van der Waals surface area contributed by atoms with Crippen molar-refractivity contribution in [2.45, 2.75) is 52.9 Å². The van der Waals surface area contributed by atoms with Crippen molar-refractivity contribution in [3.05, 3.63) is 18.4 Å². The zero-order valence-corrected chi connectivity index (χ0v) is 9.47. The summed E-state index contributed by atoms with van der Waals surface area (Å²) < 4.78 is 0. The summed E-state index contributed by atoms with van der Waals surface area (Å²) in [7, 11) is 0. The summed E-state index contributed by atoms with van der Waals surface area (Å²) in [6.07, 6.45) is 8.69. The van der Waals surface area contributed by atoms with Crippen LogP contribution in [0.1, 0.15) is 52.9 Å². The van der Waals surface area contributed by atoms with E-state index in [0.29, 0.717) is 5.92 Å². The van der Waals surface area contributed by atoms with Crippen LogP contribution in [0.25, 0.3) is 0 Å². The fourth-order valence-electron chi connectivity index (χ4n) is 1.71. The van der Waals surface area contributed by atoms with Crippen LogP contribution >= 0.6 is 0 Å². The first-order chi connectivity index (χ1) is 6.24. The molecule has 2 atom stereocenters. The van der Waals surface area contributed by atoms with Gasteiger partial charge in [0.15, 0.2) is 0 Å². The van der Waals surface area contributed by atoms with E-state index in [1.165, 1.54) is 32.1 Å². The predicted molar refractivity (Wildman–Crippen MR) is 60.8 cm³/mol. The van der Waals surface area contributed by atoms with Crippen molar-refractivity contribution in [2.24, 2.45) is 11.8 Å². The van der Waals surface area contributed by atoms with Crippen LogP contribution in [0.5, 0.6) is 0 Å². The van der Waals surface area contributed by atoms with E-state index in [2.05, 4.69) is 39.2 Å². The molecular weight excluding hydrogens is 156 g/mol. The maximum atomic E-state index is 3.63. The van der Waals surface area contributed by atoms with E-state index < -0.39 is 0 Å². The van der Waals surface area contributed by atoms with Gasteiger partial charge in [0.1, 0.15) is 0 Å². The average Bonchev–Trinajstić information content (AvgIpc) is 2.12. The second kappa shape index (κ2) is 8.13. The topological polar surface area (TPSA) is 0 Å². The predicted octanol–water partition coefficient (Wildman–Crippen LogP) is 4.57. The molecule has 0 rings (SSSR count). The second-order valence-electron chi connectivity index (χ2n) is 4.01. The average molecular weight is 180 g/mol. The van der Waals surface area contributed by atoms with Gasteiger partial charge in [0.2, 0.25) is 0 Å². The molecule has 0 amide bonds. The van der Waals surface area contributed by atoms with Crippen molar-refractivity contribution in [1.29, 1.82) is 0 Å². The molecule has 0 aromatic rings. The summed E-state index contributed by atoms with van der Waals surface area (Å²) in [6, 6.07) is 0. The molecule has 0 N–H and O–H groups in total. The van der Waals surface area contributed by atoms with Crippen LogP contribution in [0.3, 0.4) is 0 Å². The fourth-order valence-corrected chi connectivity index (χ4v) is 1.71. The Hall–Kier alpha value is -0.480. The Labute approximate surface area is 83.7 Å². The molecule has 0 saturated carbocycles. The third-order valence-electron chi connectivity index (χ3n) is 2.69. The van der Waals surface area contributed by atoms with Gasteiger partial charge >= 0.3 is 0 Å². The third-order valence-corrected chi connectivity index (χ3v) is 2.69. The molecule has 0 heterocycles.